The first-order valence-corrected chi connectivity index (χ1v) is 5.01. The Morgan fingerprint density at radius 3 is 3.07 bits per heavy atom. The average Bonchev–Trinajstić information content (AvgIpc) is 2.66. The Morgan fingerprint density at radius 1 is 1.67 bits per heavy atom. The number of rotatable bonds is 1. The van der Waals surface area contributed by atoms with Crippen LogP contribution in [0.3, 0.4) is 0 Å². The highest BCUT2D eigenvalue weighted by Gasteiger charge is 2.27. The minimum atomic E-state index is -0.877. The number of amides is 1. The number of nitrogens with zero attached hydrogens (tertiary/aromatic N) is 3. The third kappa shape index (κ3) is 2.18. The molecule has 0 spiro atoms. The van der Waals surface area contributed by atoms with Crippen LogP contribution in [0.15, 0.2) is 12.3 Å². The summed E-state index contributed by atoms with van der Waals surface area (Å²) >= 11 is 5.67. The van der Waals surface area contributed by atoms with Crippen LogP contribution >= 0.6 is 11.6 Å². The van der Waals surface area contributed by atoms with Gasteiger partial charge in [0.05, 0.1) is 5.69 Å². The van der Waals surface area contributed by atoms with Gasteiger partial charge in [0.1, 0.15) is 0 Å². The van der Waals surface area contributed by atoms with Gasteiger partial charge in [0.15, 0.2) is 0 Å². The lowest BCUT2D eigenvalue weighted by Gasteiger charge is -2.11. The molecule has 2 heterocycles. The van der Waals surface area contributed by atoms with Crippen LogP contribution in [0.2, 0.25) is 5.28 Å². The number of likely N-dealkylation sites (tertiary alicyclic amines) is 1. The molecule has 1 fully saturated rings. The van der Waals surface area contributed by atoms with Gasteiger partial charge in [0, 0.05) is 25.2 Å². The van der Waals surface area contributed by atoms with E-state index in [9.17, 15) is 4.79 Å². The van der Waals surface area contributed by atoms with E-state index in [1.54, 1.807) is 12.3 Å². The van der Waals surface area contributed by atoms with Gasteiger partial charge in [-0.3, -0.25) is 0 Å². The van der Waals surface area contributed by atoms with Gasteiger partial charge in [-0.25, -0.2) is 14.8 Å². The van der Waals surface area contributed by atoms with E-state index in [2.05, 4.69) is 9.97 Å². The Balaban J connectivity index is 2.11. The van der Waals surface area contributed by atoms with E-state index in [4.69, 9.17) is 16.7 Å². The minimum Gasteiger partial charge on any atom is -0.465 e. The quantitative estimate of drug-likeness (QED) is 0.740. The first kappa shape index (κ1) is 10.2. The van der Waals surface area contributed by atoms with Crippen LogP contribution < -0.4 is 0 Å². The van der Waals surface area contributed by atoms with Crippen molar-refractivity contribution in [1.82, 2.24) is 14.9 Å². The maximum absolute atomic E-state index is 10.7. The summed E-state index contributed by atoms with van der Waals surface area (Å²) in [5, 5.41) is 9.01. The summed E-state index contributed by atoms with van der Waals surface area (Å²) < 4.78 is 0. The summed E-state index contributed by atoms with van der Waals surface area (Å²) in [6.45, 7) is 1.05. The molecule has 80 valence electrons. The molecule has 1 aliphatic heterocycles. The zero-order valence-electron chi connectivity index (χ0n) is 7.93. The van der Waals surface area contributed by atoms with Crippen molar-refractivity contribution in [2.45, 2.75) is 12.3 Å². The van der Waals surface area contributed by atoms with Gasteiger partial charge >= 0.3 is 6.09 Å². The normalized spacial score (nSPS) is 20.6. The number of aromatic nitrogens is 2. The summed E-state index contributed by atoms with van der Waals surface area (Å²) in [6.07, 6.45) is 1.51. The first-order valence-electron chi connectivity index (χ1n) is 4.63. The first-order chi connectivity index (χ1) is 7.16. The Kier molecular flexibility index (Phi) is 2.73. The third-order valence-corrected chi connectivity index (χ3v) is 2.71. The van der Waals surface area contributed by atoms with Crippen molar-refractivity contribution >= 4 is 17.7 Å². The molecular formula is C9H10ClN3O2. The predicted molar refractivity (Wildman–Crippen MR) is 54.0 cm³/mol. The molecule has 1 saturated heterocycles. The fourth-order valence-electron chi connectivity index (χ4n) is 1.75. The van der Waals surface area contributed by atoms with Gasteiger partial charge in [0.25, 0.3) is 0 Å². The van der Waals surface area contributed by atoms with E-state index in [1.165, 1.54) is 4.90 Å². The highest BCUT2D eigenvalue weighted by atomic mass is 35.5. The Hall–Kier alpha value is -1.36. The van der Waals surface area contributed by atoms with Crippen LogP contribution in [0.5, 0.6) is 0 Å². The molecule has 1 unspecified atom stereocenters. The number of hydrogen-bond donors (Lipinski definition) is 1. The molecule has 1 aliphatic rings. The third-order valence-electron chi connectivity index (χ3n) is 2.52. The number of halogens is 1. The zero-order valence-corrected chi connectivity index (χ0v) is 8.68. The Labute approximate surface area is 91.7 Å². The molecule has 0 aromatic carbocycles. The molecule has 1 aromatic heterocycles. The Bertz CT molecular complexity index is 385. The van der Waals surface area contributed by atoms with E-state index >= 15 is 0 Å². The second kappa shape index (κ2) is 4.02. The maximum Gasteiger partial charge on any atom is 0.407 e. The molecule has 0 aliphatic carbocycles. The van der Waals surface area contributed by atoms with Gasteiger partial charge < -0.3 is 10.0 Å². The molecule has 1 aromatic rings. The van der Waals surface area contributed by atoms with Gasteiger partial charge in [-0.15, -0.1) is 0 Å². The van der Waals surface area contributed by atoms with Crippen LogP contribution in [0.4, 0.5) is 4.79 Å². The molecule has 1 N–H and O–H groups in total. The molecule has 6 heteroatoms. The second-order valence-electron chi connectivity index (χ2n) is 3.46. The molecular weight excluding hydrogens is 218 g/mol. The molecule has 1 amide bonds. The molecule has 5 nitrogen and oxygen atoms in total. The van der Waals surface area contributed by atoms with Crippen molar-refractivity contribution in [2.24, 2.45) is 0 Å². The number of carbonyl (C=O) groups is 1. The van der Waals surface area contributed by atoms with E-state index < -0.39 is 6.09 Å². The molecule has 1 atom stereocenters. The fraction of sp³-hybridized carbons (Fsp3) is 0.444. The minimum absolute atomic E-state index is 0.140. The number of hydrogen-bond acceptors (Lipinski definition) is 3. The summed E-state index contributed by atoms with van der Waals surface area (Å²) in [5.74, 6) is 0.140. The van der Waals surface area contributed by atoms with Gasteiger partial charge in [-0.2, -0.15) is 0 Å². The topological polar surface area (TPSA) is 66.3 Å². The lowest BCUT2D eigenvalue weighted by Crippen LogP contribution is -2.26. The highest BCUT2D eigenvalue weighted by molar-refractivity contribution is 6.28. The molecule has 0 radical (unpaired) electrons. The van der Waals surface area contributed by atoms with Crippen LogP contribution in [0, 0.1) is 0 Å². The average molecular weight is 228 g/mol. The summed E-state index contributed by atoms with van der Waals surface area (Å²) in [7, 11) is 0. The summed E-state index contributed by atoms with van der Waals surface area (Å²) in [5.41, 5.74) is 0.818. The molecule has 2 rings (SSSR count). The van der Waals surface area contributed by atoms with Crippen LogP contribution in [-0.4, -0.2) is 39.2 Å². The van der Waals surface area contributed by atoms with E-state index in [0.717, 1.165) is 12.1 Å². The summed E-state index contributed by atoms with van der Waals surface area (Å²) in [4.78, 5) is 20.0. The van der Waals surface area contributed by atoms with Crippen molar-refractivity contribution in [3.8, 4) is 0 Å². The van der Waals surface area contributed by atoms with E-state index in [0.29, 0.717) is 13.1 Å². The van der Waals surface area contributed by atoms with Crippen molar-refractivity contribution in [3.63, 3.8) is 0 Å². The van der Waals surface area contributed by atoms with Gasteiger partial charge in [0.2, 0.25) is 5.28 Å². The lowest BCUT2D eigenvalue weighted by atomic mass is 10.1. The van der Waals surface area contributed by atoms with Crippen LogP contribution in [0.1, 0.15) is 18.0 Å². The Morgan fingerprint density at radius 2 is 2.47 bits per heavy atom. The molecule has 0 bridgehead atoms. The van der Waals surface area contributed by atoms with E-state index in [1.807, 2.05) is 0 Å². The second-order valence-corrected chi connectivity index (χ2v) is 3.80. The zero-order chi connectivity index (χ0) is 10.8. The standard InChI is InChI=1S/C9H10ClN3O2/c10-8-11-3-1-7(12-8)6-2-4-13(5-6)9(14)15/h1,3,6H,2,4-5H2,(H,14,15). The van der Waals surface area contributed by atoms with Crippen molar-refractivity contribution in [1.29, 1.82) is 0 Å². The van der Waals surface area contributed by atoms with E-state index in [-0.39, 0.29) is 11.2 Å². The van der Waals surface area contributed by atoms with Gasteiger partial charge in [-0.1, -0.05) is 0 Å². The predicted octanol–water partition coefficient (Wildman–Crippen LogP) is 1.60. The fourth-order valence-corrected chi connectivity index (χ4v) is 1.90. The summed E-state index contributed by atoms with van der Waals surface area (Å²) in [6, 6.07) is 1.78. The number of carboxylic acid groups (broad SMARTS) is 1. The van der Waals surface area contributed by atoms with Crippen LogP contribution in [0.25, 0.3) is 0 Å². The lowest BCUT2D eigenvalue weighted by molar-refractivity contribution is 0.155. The molecule has 0 saturated carbocycles. The maximum atomic E-state index is 10.7. The highest BCUT2D eigenvalue weighted by Crippen LogP contribution is 2.25. The van der Waals surface area contributed by atoms with Crippen molar-refractivity contribution in [3.05, 3.63) is 23.2 Å². The molecule has 15 heavy (non-hydrogen) atoms. The monoisotopic (exact) mass is 227 g/mol. The van der Waals surface area contributed by atoms with Crippen LogP contribution in [-0.2, 0) is 0 Å². The SMILES string of the molecule is O=C(O)N1CCC(c2ccnc(Cl)n2)C1. The van der Waals surface area contributed by atoms with Crippen molar-refractivity contribution < 1.29 is 9.90 Å². The van der Waals surface area contributed by atoms with Crippen molar-refractivity contribution in [2.75, 3.05) is 13.1 Å². The largest absolute Gasteiger partial charge is 0.465 e. The van der Waals surface area contributed by atoms with Gasteiger partial charge in [-0.05, 0) is 24.1 Å². The smallest absolute Gasteiger partial charge is 0.407 e.